The highest BCUT2D eigenvalue weighted by Crippen LogP contribution is 2.49. The number of ketones is 1. The second-order valence-corrected chi connectivity index (χ2v) is 9.03. The first-order chi connectivity index (χ1) is 14.9. The molecular weight excluding hydrogens is 394 g/mol. The van der Waals surface area contributed by atoms with Crippen LogP contribution in [0.1, 0.15) is 57.9 Å². The van der Waals surface area contributed by atoms with E-state index in [1.807, 2.05) is 30.3 Å². The molecule has 2 N–H and O–H groups in total. The minimum Gasteiger partial charge on any atom is -0.481 e. The second kappa shape index (κ2) is 10.9. The van der Waals surface area contributed by atoms with Crippen LogP contribution in [0.5, 0.6) is 0 Å². The van der Waals surface area contributed by atoms with E-state index in [9.17, 15) is 19.5 Å². The molecule has 0 bridgehead atoms. The Labute approximate surface area is 184 Å². The Bertz CT molecular complexity index is 764. The molecule has 0 amide bonds. The molecule has 170 valence electrons. The van der Waals surface area contributed by atoms with E-state index in [0.717, 1.165) is 31.2 Å². The van der Waals surface area contributed by atoms with Crippen molar-refractivity contribution in [1.82, 2.24) is 5.32 Å². The summed E-state index contributed by atoms with van der Waals surface area (Å²) in [4.78, 5) is 37.9. The van der Waals surface area contributed by atoms with Gasteiger partial charge in [-0.1, -0.05) is 49.6 Å². The van der Waals surface area contributed by atoms with Crippen molar-refractivity contribution >= 4 is 17.7 Å². The van der Waals surface area contributed by atoms with Crippen molar-refractivity contribution in [3.63, 3.8) is 0 Å². The molecule has 2 fully saturated rings. The number of aliphatic carboxylic acids is 1. The predicted molar refractivity (Wildman–Crippen MR) is 117 cm³/mol. The molecule has 0 radical (unpaired) electrons. The van der Waals surface area contributed by atoms with E-state index in [0.29, 0.717) is 25.2 Å². The van der Waals surface area contributed by atoms with Crippen molar-refractivity contribution in [2.75, 3.05) is 6.61 Å². The first-order valence-corrected chi connectivity index (χ1v) is 11.7. The first kappa shape index (κ1) is 23.5. The maximum absolute atomic E-state index is 13.4. The van der Waals surface area contributed by atoms with Gasteiger partial charge in [0.25, 0.3) is 0 Å². The highest BCUT2D eigenvalue weighted by atomic mass is 16.5. The number of hydrogen-bond acceptors (Lipinski definition) is 5. The summed E-state index contributed by atoms with van der Waals surface area (Å²) in [6.45, 7) is 3.80. The largest absolute Gasteiger partial charge is 0.481 e. The highest BCUT2D eigenvalue weighted by molar-refractivity contribution is 5.91. The summed E-state index contributed by atoms with van der Waals surface area (Å²) in [5.41, 5.74) is 1.12. The number of carboxylic acids is 1. The molecule has 2 saturated carbocycles. The normalized spacial score (nSPS) is 27.2. The number of carboxylic acid groups (broad SMARTS) is 1. The zero-order valence-corrected chi connectivity index (χ0v) is 18.6. The van der Waals surface area contributed by atoms with Crippen molar-refractivity contribution in [3.05, 3.63) is 35.9 Å². The van der Waals surface area contributed by atoms with Gasteiger partial charge in [0.05, 0.1) is 18.6 Å². The fourth-order valence-corrected chi connectivity index (χ4v) is 5.58. The summed E-state index contributed by atoms with van der Waals surface area (Å²) in [5.74, 6) is -1.92. The molecule has 31 heavy (non-hydrogen) atoms. The standard InChI is InChI=1S/C25H35NO5/c1-3-31-25(30)21(14-13-17-9-5-4-6-10-17)26-16(2)23(27)22-19-12-8-7-11-18(19)15-20(22)24(28)29/h4-6,9-10,16,18-22,26H,3,7-8,11-15H2,1-2H3,(H,28,29)/t16-,18+,19-,20+,21-,22?/m0/s1. The minimum atomic E-state index is -0.869. The number of ether oxygens (including phenoxy) is 1. The third kappa shape index (κ3) is 5.73. The van der Waals surface area contributed by atoms with Crippen LogP contribution in [0.2, 0.25) is 0 Å². The molecule has 6 atom stereocenters. The number of carbonyl (C=O) groups is 3. The number of aryl methyl sites for hydroxylation is 1. The summed E-state index contributed by atoms with van der Waals surface area (Å²) < 4.78 is 5.24. The molecule has 1 unspecified atom stereocenters. The van der Waals surface area contributed by atoms with Gasteiger partial charge >= 0.3 is 11.9 Å². The van der Waals surface area contributed by atoms with Crippen molar-refractivity contribution in [3.8, 4) is 0 Å². The molecule has 2 aliphatic rings. The lowest BCUT2D eigenvalue weighted by molar-refractivity contribution is -0.148. The average molecular weight is 430 g/mol. The number of carbonyl (C=O) groups excluding carboxylic acids is 2. The van der Waals surface area contributed by atoms with Crippen LogP contribution in [0.15, 0.2) is 30.3 Å². The number of fused-ring (bicyclic) bond motifs is 1. The number of rotatable bonds is 10. The molecule has 1 aromatic rings. The molecule has 0 saturated heterocycles. The van der Waals surface area contributed by atoms with E-state index in [2.05, 4.69) is 5.32 Å². The molecule has 6 heteroatoms. The van der Waals surface area contributed by atoms with Crippen LogP contribution < -0.4 is 5.32 Å². The highest BCUT2D eigenvalue weighted by Gasteiger charge is 2.51. The van der Waals surface area contributed by atoms with E-state index in [-0.39, 0.29) is 24.3 Å². The summed E-state index contributed by atoms with van der Waals surface area (Å²) in [6, 6.07) is 8.68. The molecule has 3 rings (SSSR count). The zero-order chi connectivity index (χ0) is 22.4. The molecule has 0 aliphatic heterocycles. The second-order valence-electron chi connectivity index (χ2n) is 9.03. The van der Waals surface area contributed by atoms with Gasteiger partial charge in [-0.15, -0.1) is 0 Å². The van der Waals surface area contributed by atoms with Crippen LogP contribution in [0.25, 0.3) is 0 Å². The third-order valence-electron chi connectivity index (χ3n) is 7.08. The van der Waals surface area contributed by atoms with Gasteiger partial charge in [0.2, 0.25) is 0 Å². The van der Waals surface area contributed by atoms with Crippen LogP contribution in [0.4, 0.5) is 0 Å². The van der Waals surface area contributed by atoms with Crippen LogP contribution in [-0.2, 0) is 25.5 Å². The van der Waals surface area contributed by atoms with E-state index in [4.69, 9.17) is 4.74 Å². The number of Topliss-reactive ketones (excluding diaryl/α,β-unsaturated/α-hetero) is 1. The minimum absolute atomic E-state index is 0.0733. The number of hydrogen-bond donors (Lipinski definition) is 2. The monoisotopic (exact) mass is 429 g/mol. The fourth-order valence-electron chi connectivity index (χ4n) is 5.58. The predicted octanol–water partition coefficient (Wildman–Crippen LogP) is 3.63. The summed E-state index contributed by atoms with van der Waals surface area (Å²) in [5, 5.41) is 13.0. The molecule has 1 aromatic carbocycles. The molecular formula is C25H35NO5. The first-order valence-electron chi connectivity index (χ1n) is 11.7. The molecule has 6 nitrogen and oxygen atoms in total. The Morgan fingerprint density at radius 3 is 2.55 bits per heavy atom. The Balaban J connectivity index is 1.70. The van der Waals surface area contributed by atoms with Gasteiger partial charge in [-0.05, 0) is 56.9 Å². The van der Waals surface area contributed by atoms with Crippen molar-refractivity contribution < 1.29 is 24.2 Å². The van der Waals surface area contributed by atoms with Crippen LogP contribution in [-0.4, -0.2) is 41.5 Å². The Morgan fingerprint density at radius 2 is 1.87 bits per heavy atom. The zero-order valence-electron chi connectivity index (χ0n) is 18.6. The molecule has 0 heterocycles. The van der Waals surface area contributed by atoms with Gasteiger partial charge in [0.1, 0.15) is 6.04 Å². The third-order valence-corrected chi connectivity index (χ3v) is 7.08. The molecule has 2 aliphatic carbocycles. The van der Waals surface area contributed by atoms with Crippen LogP contribution in [0, 0.1) is 23.7 Å². The van der Waals surface area contributed by atoms with Gasteiger partial charge in [0, 0.05) is 5.92 Å². The lowest BCUT2D eigenvalue weighted by Gasteiger charge is -2.31. The fraction of sp³-hybridized carbons (Fsp3) is 0.640. The summed E-state index contributed by atoms with van der Waals surface area (Å²) in [7, 11) is 0. The molecule has 0 aromatic heterocycles. The molecule has 0 spiro atoms. The maximum Gasteiger partial charge on any atom is 0.323 e. The lowest BCUT2D eigenvalue weighted by atomic mass is 9.75. The lowest BCUT2D eigenvalue weighted by Crippen LogP contribution is -2.50. The van der Waals surface area contributed by atoms with E-state index in [1.54, 1.807) is 13.8 Å². The Morgan fingerprint density at radius 1 is 1.16 bits per heavy atom. The smallest absolute Gasteiger partial charge is 0.323 e. The van der Waals surface area contributed by atoms with Gasteiger partial charge < -0.3 is 9.84 Å². The van der Waals surface area contributed by atoms with Gasteiger partial charge in [-0.25, -0.2) is 0 Å². The van der Waals surface area contributed by atoms with Crippen molar-refractivity contribution in [2.24, 2.45) is 23.7 Å². The van der Waals surface area contributed by atoms with E-state index >= 15 is 0 Å². The number of nitrogens with one attached hydrogen (secondary N) is 1. The SMILES string of the molecule is CCOC(=O)[C@H](CCc1ccccc1)N[C@@H](C)C(=O)C1[C@H]2CCCC[C@@H]2C[C@H]1C(=O)O. The number of benzene rings is 1. The van der Waals surface area contributed by atoms with Crippen molar-refractivity contribution in [1.29, 1.82) is 0 Å². The topological polar surface area (TPSA) is 92.7 Å². The average Bonchev–Trinajstić information content (AvgIpc) is 3.16. The Hall–Kier alpha value is -2.21. The van der Waals surface area contributed by atoms with Gasteiger partial charge in [0.15, 0.2) is 5.78 Å². The van der Waals surface area contributed by atoms with Gasteiger partial charge in [-0.3, -0.25) is 19.7 Å². The van der Waals surface area contributed by atoms with Crippen LogP contribution in [0.3, 0.4) is 0 Å². The summed E-state index contributed by atoms with van der Waals surface area (Å²) in [6.07, 6.45) is 5.91. The quantitative estimate of drug-likeness (QED) is 0.552. The van der Waals surface area contributed by atoms with Crippen LogP contribution >= 0.6 is 0 Å². The van der Waals surface area contributed by atoms with E-state index < -0.39 is 29.9 Å². The summed E-state index contributed by atoms with van der Waals surface area (Å²) >= 11 is 0. The van der Waals surface area contributed by atoms with Crippen molar-refractivity contribution in [2.45, 2.75) is 70.9 Å². The Kier molecular flexibility index (Phi) is 8.24. The maximum atomic E-state index is 13.4. The van der Waals surface area contributed by atoms with Gasteiger partial charge in [-0.2, -0.15) is 0 Å². The van der Waals surface area contributed by atoms with E-state index in [1.165, 1.54) is 0 Å². The number of esters is 1.